The number of anilines is 3. The van der Waals surface area contributed by atoms with Crippen molar-refractivity contribution in [3.05, 3.63) is 299 Å². The average Bonchev–Trinajstić information content (AvgIpc) is 3.69. The van der Waals surface area contributed by atoms with Gasteiger partial charge in [-0.15, -0.1) is 0 Å². The molecule has 0 bridgehead atoms. The molecule has 0 N–H and O–H groups in total. The van der Waals surface area contributed by atoms with E-state index in [1.807, 2.05) is 11.8 Å². The largest absolute Gasteiger partial charge is 0.310 e. The highest BCUT2D eigenvalue weighted by Gasteiger charge is 2.52. The van der Waals surface area contributed by atoms with E-state index in [-0.39, 0.29) is 0 Å². The van der Waals surface area contributed by atoms with Crippen LogP contribution in [0.3, 0.4) is 0 Å². The second-order valence-electron chi connectivity index (χ2n) is 17.3. The first-order valence-electron chi connectivity index (χ1n) is 22.5. The summed E-state index contributed by atoms with van der Waals surface area (Å²) in [6.45, 7) is 0. The second kappa shape index (κ2) is 15.1. The van der Waals surface area contributed by atoms with Crippen LogP contribution < -0.4 is 20.5 Å². The Labute approximate surface area is 387 Å². The highest BCUT2D eigenvalue weighted by atomic mass is 32.2. The molecule has 0 amide bonds. The lowest BCUT2D eigenvalue weighted by Gasteiger charge is -2.48. The van der Waals surface area contributed by atoms with Gasteiger partial charge in [-0.25, -0.2) is 0 Å². The number of benzene rings is 10. The maximum Gasteiger partial charge on any atom is 0.155 e. The van der Waals surface area contributed by atoms with E-state index >= 15 is 0 Å². The second-order valence-corrected chi connectivity index (χ2v) is 20.7. The van der Waals surface area contributed by atoms with Crippen LogP contribution in [0.25, 0.3) is 11.1 Å². The van der Waals surface area contributed by atoms with Crippen molar-refractivity contribution in [2.24, 2.45) is 0 Å². The minimum Gasteiger partial charge on any atom is -0.310 e. The van der Waals surface area contributed by atoms with Gasteiger partial charge in [-0.2, -0.15) is 0 Å². The highest BCUT2D eigenvalue weighted by molar-refractivity contribution is 7.99. The highest BCUT2D eigenvalue weighted by Crippen LogP contribution is 2.60. The zero-order valence-electron chi connectivity index (χ0n) is 35.6. The van der Waals surface area contributed by atoms with Gasteiger partial charge in [0, 0.05) is 26.7 Å². The van der Waals surface area contributed by atoms with E-state index < -0.39 is 19.6 Å². The number of para-hydroxylation sites is 1. The van der Waals surface area contributed by atoms with Crippen LogP contribution >= 0.6 is 11.8 Å². The van der Waals surface area contributed by atoms with Crippen molar-refractivity contribution in [2.45, 2.75) is 20.6 Å². The molecule has 1 aliphatic carbocycles. The van der Waals surface area contributed by atoms with Crippen molar-refractivity contribution in [3.8, 4) is 11.1 Å². The molecular formula is C62H42NSSi. The van der Waals surface area contributed by atoms with E-state index in [1.54, 1.807) is 0 Å². The first kappa shape index (κ1) is 38.1. The molecule has 10 aromatic rings. The van der Waals surface area contributed by atoms with Gasteiger partial charge in [0.05, 0.1) is 16.5 Å². The summed E-state index contributed by atoms with van der Waals surface area (Å²) in [6.07, 6.45) is 0. The Bertz CT molecular complexity index is 3340. The van der Waals surface area contributed by atoms with Gasteiger partial charge in [-0.05, 0) is 103 Å². The Morgan fingerprint density at radius 1 is 0.338 bits per heavy atom. The summed E-state index contributed by atoms with van der Waals surface area (Å²) in [7, 11) is -1.52. The van der Waals surface area contributed by atoms with Crippen molar-refractivity contribution >= 4 is 53.2 Å². The number of nitrogens with zero attached hydrogens (tertiary/aromatic N) is 1. The minimum absolute atomic E-state index is 0.499. The first-order valence-corrected chi connectivity index (χ1v) is 24.8. The molecule has 0 aromatic heterocycles. The van der Waals surface area contributed by atoms with E-state index in [1.165, 1.54) is 86.7 Å². The summed E-state index contributed by atoms with van der Waals surface area (Å²) in [4.78, 5) is 5.17. The molecule has 0 saturated carbocycles. The lowest BCUT2D eigenvalue weighted by molar-refractivity contribution is 0.708. The zero-order chi connectivity index (χ0) is 43.0. The van der Waals surface area contributed by atoms with E-state index in [0.29, 0.717) is 0 Å². The number of hydrogen-bond acceptors (Lipinski definition) is 2. The van der Waals surface area contributed by atoms with Gasteiger partial charge in [0.15, 0.2) is 8.80 Å². The minimum atomic E-state index is -1.52. The molecular weight excluding hydrogens is 819 g/mol. The molecule has 1 nitrogen and oxygen atoms in total. The average molecular weight is 861 g/mol. The third kappa shape index (κ3) is 5.46. The van der Waals surface area contributed by atoms with E-state index in [9.17, 15) is 0 Å². The third-order valence-corrected chi connectivity index (χ3v) is 18.1. The molecule has 13 rings (SSSR count). The Morgan fingerprint density at radius 3 is 1.51 bits per heavy atom. The topological polar surface area (TPSA) is 3.24 Å². The molecule has 0 fully saturated rings. The van der Waals surface area contributed by atoms with Crippen molar-refractivity contribution in [2.75, 3.05) is 4.90 Å². The maximum absolute atomic E-state index is 2.58. The quantitative estimate of drug-likeness (QED) is 0.153. The summed E-state index contributed by atoms with van der Waals surface area (Å²) >= 11 is 1.90. The monoisotopic (exact) mass is 860 g/mol. The van der Waals surface area contributed by atoms with Gasteiger partial charge in [0.25, 0.3) is 0 Å². The molecule has 2 heterocycles. The smallest absolute Gasteiger partial charge is 0.155 e. The van der Waals surface area contributed by atoms with Gasteiger partial charge in [0.2, 0.25) is 0 Å². The fourth-order valence-electron chi connectivity index (χ4n) is 11.7. The van der Waals surface area contributed by atoms with E-state index in [4.69, 9.17) is 0 Å². The SMILES string of the molecule is c1ccc(N(c2ccc3c(c2)[Si](c2ccccc2)c2ccccc2C32c3ccccc3Sc3ccccc32)c2cccc3c2-c2ccccc2C3(c2ccccc2)c2ccccc2)cc1. The predicted octanol–water partition coefficient (Wildman–Crippen LogP) is 13.2. The van der Waals surface area contributed by atoms with Gasteiger partial charge in [0.1, 0.15) is 0 Å². The molecule has 0 saturated heterocycles. The van der Waals surface area contributed by atoms with Crippen molar-refractivity contribution in [1.82, 2.24) is 0 Å². The first-order chi connectivity index (χ1) is 32.3. The molecule has 0 atom stereocenters. The maximum atomic E-state index is 2.58. The fraction of sp³-hybridized carbons (Fsp3) is 0.0323. The van der Waals surface area contributed by atoms with Crippen molar-refractivity contribution < 1.29 is 0 Å². The van der Waals surface area contributed by atoms with Crippen LogP contribution in [0.5, 0.6) is 0 Å². The van der Waals surface area contributed by atoms with Gasteiger partial charge < -0.3 is 4.90 Å². The Morgan fingerprint density at radius 2 is 0.846 bits per heavy atom. The molecule has 0 unspecified atom stereocenters. The molecule has 1 spiro atoms. The molecule has 3 heteroatoms. The van der Waals surface area contributed by atoms with Crippen LogP contribution in [0, 0.1) is 0 Å². The van der Waals surface area contributed by atoms with Crippen molar-refractivity contribution in [3.63, 3.8) is 0 Å². The lowest BCUT2D eigenvalue weighted by atomic mass is 9.64. The number of rotatable bonds is 6. The van der Waals surface area contributed by atoms with Crippen LogP contribution in [0.2, 0.25) is 0 Å². The van der Waals surface area contributed by atoms with E-state index in [0.717, 1.165) is 11.4 Å². The Hall–Kier alpha value is -7.43. The molecule has 10 aromatic carbocycles. The Balaban J connectivity index is 1.12. The van der Waals surface area contributed by atoms with Crippen LogP contribution in [0.1, 0.15) is 44.5 Å². The number of hydrogen-bond donors (Lipinski definition) is 0. The number of fused-ring (bicyclic) bond motifs is 11. The summed E-state index contributed by atoms with van der Waals surface area (Å²) < 4.78 is 0. The summed E-state index contributed by atoms with van der Waals surface area (Å²) in [5.74, 6) is 0. The van der Waals surface area contributed by atoms with Gasteiger partial charge in [-0.1, -0.05) is 229 Å². The van der Waals surface area contributed by atoms with Crippen molar-refractivity contribution in [1.29, 1.82) is 0 Å². The molecule has 65 heavy (non-hydrogen) atoms. The fourth-order valence-corrected chi connectivity index (χ4v) is 15.9. The lowest BCUT2D eigenvalue weighted by Crippen LogP contribution is -2.62. The summed E-state index contributed by atoms with van der Waals surface area (Å²) in [5, 5.41) is 4.26. The summed E-state index contributed by atoms with van der Waals surface area (Å²) in [6, 6.07) is 95.9. The van der Waals surface area contributed by atoms with E-state index in [2.05, 4.69) is 260 Å². The summed E-state index contributed by atoms with van der Waals surface area (Å²) in [5.41, 5.74) is 15.6. The van der Waals surface area contributed by atoms with Crippen LogP contribution in [0.15, 0.2) is 265 Å². The predicted molar refractivity (Wildman–Crippen MR) is 272 cm³/mol. The van der Waals surface area contributed by atoms with Crippen LogP contribution in [0.4, 0.5) is 17.1 Å². The molecule has 305 valence electrons. The molecule has 3 aliphatic rings. The standard InChI is InChI=1S/C62H42NSSi/c1-5-22-43(23-6-1)61(44-24-7-2-8-25-44)49-31-14-13-30-48(49)60-54(61)35-21-36-55(60)63(45-26-9-3-10-27-45)46-40-41-53-59(42-46)65(47-28-11-4-12-29-47)58-39-20-17-34-52(58)62(53)50-32-15-18-37-56(50)64-57-38-19-16-33-51(57)62/h1-42H. The van der Waals surface area contributed by atoms with Crippen LogP contribution in [-0.2, 0) is 10.8 Å². The zero-order valence-corrected chi connectivity index (χ0v) is 37.4. The van der Waals surface area contributed by atoms with Gasteiger partial charge in [-0.3, -0.25) is 0 Å². The molecule has 1 radical (unpaired) electrons. The Kier molecular flexibility index (Phi) is 8.84. The third-order valence-electron chi connectivity index (χ3n) is 14.1. The molecule has 2 aliphatic heterocycles. The van der Waals surface area contributed by atoms with Gasteiger partial charge >= 0.3 is 0 Å². The normalized spacial score (nSPS) is 14.6. The van der Waals surface area contributed by atoms with Crippen LogP contribution in [-0.4, -0.2) is 8.80 Å².